The van der Waals surface area contributed by atoms with Crippen molar-refractivity contribution in [2.24, 2.45) is 0 Å². The molecule has 0 fully saturated rings. The largest absolute Gasteiger partial charge is 0.489 e. The van der Waals surface area contributed by atoms with Crippen molar-refractivity contribution in [2.45, 2.75) is 0 Å². The Bertz CT molecular complexity index is 521. The van der Waals surface area contributed by atoms with Crippen LogP contribution in [0, 0.1) is 0 Å². The number of nitrogens with zero attached hydrogens (tertiary/aromatic N) is 1. The molecule has 0 spiro atoms. The first-order valence-electron chi connectivity index (χ1n) is 6.18. The van der Waals surface area contributed by atoms with Gasteiger partial charge in [-0.2, -0.15) is 11.8 Å². The zero-order valence-electron chi connectivity index (χ0n) is 11.1. The number of benzene rings is 1. The summed E-state index contributed by atoms with van der Waals surface area (Å²) in [6.07, 6.45) is 1.97. The summed E-state index contributed by atoms with van der Waals surface area (Å²) in [7, 11) is 0. The lowest BCUT2D eigenvalue weighted by Gasteiger charge is -2.30. The molecule has 0 radical (unpaired) electrons. The number of amides is 2. The summed E-state index contributed by atoms with van der Waals surface area (Å²) in [5.41, 5.74) is 0.571. The number of hydrogen-bond acceptors (Lipinski definition) is 4. The number of nitrogens with one attached hydrogen (secondary N) is 1. The minimum Gasteiger partial charge on any atom is -0.489 e. The van der Waals surface area contributed by atoms with E-state index in [0.717, 1.165) is 5.75 Å². The molecule has 2 amide bonds. The summed E-state index contributed by atoms with van der Waals surface area (Å²) in [5.74, 6) is 0.0238. The van der Waals surface area contributed by atoms with Crippen LogP contribution in [0.25, 0.3) is 0 Å². The van der Waals surface area contributed by atoms with Crippen molar-refractivity contribution in [3.63, 3.8) is 0 Å². The standard InChI is InChI=1S/C13H16N2O4S/c1-20-8-5-14-13(18)15-6-7-19-11-9(12(16)17)3-2-4-10(11)15/h2-4H,5-8H2,1H3,(H,14,18)(H,16,17). The Hall–Kier alpha value is -1.89. The molecule has 2 N–H and O–H groups in total. The van der Waals surface area contributed by atoms with Crippen LogP contribution in [0.2, 0.25) is 0 Å². The molecule has 108 valence electrons. The lowest BCUT2D eigenvalue weighted by molar-refractivity contribution is 0.0692. The number of ether oxygens (including phenoxy) is 1. The summed E-state index contributed by atoms with van der Waals surface area (Å²) in [4.78, 5) is 24.8. The number of hydrogen-bond donors (Lipinski definition) is 2. The molecule has 20 heavy (non-hydrogen) atoms. The molecule has 0 saturated heterocycles. The minimum absolute atomic E-state index is 0.0733. The fourth-order valence-electron chi connectivity index (χ4n) is 1.98. The van der Waals surface area contributed by atoms with Crippen molar-refractivity contribution in [3.05, 3.63) is 23.8 Å². The molecule has 7 heteroatoms. The van der Waals surface area contributed by atoms with Crippen molar-refractivity contribution in [2.75, 3.05) is 36.6 Å². The second-order valence-electron chi connectivity index (χ2n) is 4.18. The highest BCUT2D eigenvalue weighted by Gasteiger charge is 2.27. The summed E-state index contributed by atoms with van der Waals surface area (Å²) in [6.45, 7) is 1.26. The zero-order chi connectivity index (χ0) is 14.5. The molecule has 0 aliphatic carbocycles. The van der Waals surface area contributed by atoms with Gasteiger partial charge in [-0.05, 0) is 18.4 Å². The molecule has 2 rings (SSSR count). The van der Waals surface area contributed by atoms with Crippen LogP contribution in [0.5, 0.6) is 5.75 Å². The number of aromatic carboxylic acids is 1. The number of fused-ring (bicyclic) bond motifs is 1. The molecule has 1 aliphatic heterocycles. The third-order valence-corrected chi connectivity index (χ3v) is 3.52. The van der Waals surface area contributed by atoms with Gasteiger partial charge < -0.3 is 15.2 Å². The first kappa shape index (κ1) is 14.5. The number of para-hydroxylation sites is 1. The van der Waals surface area contributed by atoms with Crippen LogP contribution in [0.3, 0.4) is 0 Å². The van der Waals surface area contributed by atoms with Crippen molar-refractivity contribution in [1.82, 2.24) is 5.32 Å². The van der Waals surface area contributed by atoms with Crippen LogP contribution in [0.1, 0.15) is 10.4 Å². The number of rotatable bonds is 4. The van der Waals surface area contributed by atoms with Gasteiger partial charge in [-0.25, -0.2) is 9.59 Å². The van der Waals surface area contributed by atoms with Crippen molar-refractivity contribution in [3.8, 4) is 5.75 Å². The van der Waals surface area contributed by atoms with E-state index in [1.54, 1.807) is 23.9 Å². The first-order valence-corrected chi connectivity index (χ1v) is 7.58. The number of urea groups is 1. The lowest BCUT2D eigenvalue weighted by Crippen LogP contribution is -2.45. The van der Waals surface area contributed by atoms with E-state index >= 15 is 0 Å². The van der Waals surface area contributed by atoms with Crippen LogP contribution in [-0.2, 0) is 0 Å². The third kappa shape index (κ3) is 2.98. The number of carboxylic acid groups (broad SMARTS) is 1. The Morgan fingerprint density at radius 3 is 3.00 bits per heavy atom. The normalized spacial score (nSPS) is 13.3. The van der Waals surface area contributed by atoms with E-state index < -0.39 is 5.97 Å². The summed E-state index contributed by atoms with van der Waals surface area (Å²) >= 11 is 1.65. The molecule has 0 bridgehead atoms. The summed E-state index contributed by atoms with van der Waals surface area (Å²) in [6, 6.07) is 4.54. The van der Waals surface area contributed by atoms with Crippen LogP contribution < -0.4 is 15.0 Å². The Morgan fingerprint density at radius 1 is 1.50 bits per heavy atom. The Morgan fingerprint density at radius 2 is 2.30 bits per heavy atom. The highest BCUT2D eigenvalue weighted by molar-refractivity contribution is 7.98. The van der Waals surface area contributed by atoms with Gasteiger partial charge in [-0.15, -0.1) is 0 Å². The van der Waals surface area contributed by atoms with Crippen molar-refractivity contribution >= 4 is 29.4 Å². The molecule has 1 aliphatic rings. The Labute approximate surface area is 121 Å². The van der Waals surface area contributed by atoms with Crippen LogP contribution in [0.4, 0.5) is 10.5 Å². The van der Waals surface area contributed by atoms with Crippen molar-refractivity contribution < 1.29 is 19.4 Å². The first-order chi connectivity index (χ1) is 9.65. The number of anilines is 1. The fraction of sp³-hybridized carbons (Fsp3) is 0.385. The van der Waals surface area contributed by atoms with Gasteiger partial charge in [-0.1, -0.05) is 6.07 Å². The smallest absolute Gasteiger partial charge is 0.339 e. The van der Waals surface area contributed by atoms with Gasteiger partial charge in [0.2, 0.25) is 0 Å². The number of carbonyl (C=O) groups is 2. The third-order valence-electron chi connectivity index (χ3n) is 2.90. The van der Waals surface area contributed by atoms with Gasteiger partial charge in [0.1, 0.15) is 12.2 Å². The number of carbonyl (C=O) groups excluding carboxylic acids is 1. The SMILES string of the molecule is CSCCNC(=O)N1CCOc2c(C(=O)O)cccc21. The molecule has 0 atom stereocenters. The molecule has 1 aromatic carbocycles. The maximum absolute atomic E-state index is 12.1. The summed E-state index contributed by atoms with van der Waals surface area (Å²) in [5, 5.41) is 11.9. The van der Waals surface area contributed by atoms with E-state index in [1.165, 1.54) is 11.0 Å². The fourth-order valence-corrected chi connectivity index (χ4v) is 2.29. The minimum atomic E-state index is -1.06. The predicted octanol–water partition coefficient (Wildman–Crippen LogP) is 1.66. The molecule has 0 saturated carbocycles. The monoisotopic (exact) mass is 296 g/mol. The van der Waals surface area contributed by atoms with E-state index in [0.29, 0.717) is 18.8 Å². The topological polar surface area (TPSA) is 78.9 Å². The average Bonchev–Trinajstić information content (AvgIpc) is 2.46. The van der Waals surface area contributed by atoms with E-state index in [4.69, 9.17) is 9.84 Å². The maximum atomic E-state index is 12.1. The van der Waals surface area contributed by atoms with Gasteiger partial charge in [0.05, 0.1) is 12.2 Å². The summed E-state index contributed by atoms with van der Waals surface area (Å²) < 4.78 is 5.42. The Balaban J connectivity index is 2.22. The lowest BCUT2D eigenvalue weighted by atomic mass is 10.1. The molecule has 6 nitrogen and oxygen atoms in total. The van der Waals surface area contributed by atoms with E-state index in [9.17, 15) is 9.59 Å². The second kappa shape index (κ2) is 6.51. The van der Waals surface area contributed by atoms with Crippen LogP contribution in [0.15, 0.2) is 18.2 Å². The number of thioether (sulfide) groups is 1. The van der Waals surface area contributed by atoms with E-state index in [-0.39, 0.29) is 24.0 Å². The van der Waals surface area contributed by atoms with Gasteiger partial charge in [0, 0.05) is 12.3 Å². The van der Waals surface area contributed by atoms with Crippen molar-refractivity contribution in [1.29, 1.82) is 0 Å². The van der Waals surface area contributed by atoms with E-state index in [2.05, 4.69) is 5.32 Å². The maximum Gasteiger partial charge on any atom is 0.339 e. The van der Waals surface area contributed by atoms with Gasteiger partial charge >= 0.3 is 12.0 Å². The zero-order valence-corrected chi connectivity index (χ0v) is 11.9. The molecule has 0 aromatic heterocycles. The van der Waals surface area contributed by atoms with Crippen LogP contribution in [-0.4, -0.2) is 48.8 Å². The number of carboxylic acids is 1. The Kier molecular flexibility index (Phi) is 4.73. The molecular formula is C13H16N2O4S. The molecular weight excluding hydrogens is 280 g/mol. The van der Waals surface area contributed by atoms with Gasteiger partial charge in [-0.3, -0.25) is 4.90 Å². The molecule has 1 heterocycles. The predicted molar refractivity (Wildman–Crippen MR) is 78.0 cm³/mol. The molecule has 0 unspecified atom stereocenters. The van der Waals surface area contributed by atoms with Gasteiger partial charge in [0.25, 0.3) is 0 Å². The van der Waals surface area contributed by atoms with Gasteiger partial charge in [0.15, 0.2) is 5.75 Å². The van der Waals surface area contributed by atoms with Crippen LogP contribution >= 0.6 is 11.8 Å². The quantitative estimate of drug-likeness (QED) is 0.826. The highest BCUT2D eigenvalue weighted by atomic mass is 32.2. The second-order valence-corrected chi connectivity index (χ2v) is 5.17. The average molecular weight is 296 g/mol. The highest BCUT2D eigenvalue weighted by Crippen LogP contribution is 2.34. The van der Waals surface area contributed by atoms with E-state index in [1.807, 2.05) is 6.26 Å². The molecule has 1 aromatic rings.